The lowest BCUT2D eigenvalue weighted by atomic mass is 10.0. The van der Waals surface area contributed by atoms with Gasteiger partial charge in [-0.15, -0.1) is 0 Å². The molecule has 1 atom stereocenters. The normalized spacial score (nSPS) is 12.1. The monoisotopic (exact) mass is 306 g/mol. The number of carbonyl (C=O) groups is 2. The Morgan fingerprint density at radius 3 is 2.27 bits per heavy atom. The minimum absolute atomic E-state index is 0.0172. The smallest absolute Gasteiger partial charge is 0.408 e. The zero-order chi connectivity index (χ0) is 16.5. The van der Waals surface area contributed by atoms with Crippen LogP contribution in [0.15, 0.2) is 30.3 Å². The molecule has 0 fully saturated rings. The van der Waals surface area contributed by atoms with Gasteiger partial charge < -0.3 is 15.4 Å². The third-order valence-corrected chi connectivity index (χ3v) is 3.12. The molecule has 2 amide bonds. The van der Waals surface area contributed by atoms with Crippen LogP contribution in [0, 0.1) is 5.92 Å². The minimum atomic E-state index is -0.595. The van der Waals surface area contributed by atoms with Crippen LogP contribution in [-0.2, 0) is 16.0 Å². The lowest BCUT2D eigenvalue weighted by Gasteiger charge is -2.22. The molecule has 0 heterocycles. The molecule has 0 unspecified atom stereocenters. The summed E-state index contributed by atoms with van der Waals surface area (Å²) in [5, 5.41) is 5.49. The van der Waals surface area contributed by atoms with E-state index in [-0.39, 0.29) is 17.9 Å². The predicted octanol–water partition coefficient (Wildman–Crippen LogP) is 2.50. The van der Waals surface area contributed by atoms with Gasteiger partial charge in [-0.3, -0.25) is 4.79 Å². The lowest BCUT2D eigenvalue weighted by Crippen LogP contribution is -2.50. The molecule has 0 aromatic heterocycles. The molecule has 0 saturated heterocycles. The summed E-state index contributed by atoms with van der Waals surface area (Å²) < 4.78 is 5.02. The highest BCUT2D eigenvalue weighted by atomic mass is 16.6. The molecule has 0 aliphatic heterocycles. The molecule has 5 nitrogen and oxygen atoms in total. The Balaban J connectivity index is 2.46. The van der Waals surface area contributed by atoms with Gasteiger partial charge in [0, 0.05) is 6.54 Å². The van der Waals surface area contributed by atoms with Crippen molar-refractivity contribution in [3.8, 4) is 0 Å². The SMILES string of the molecule is CC(C)OC(=O)N[C@H](C(=O)NCCc1ccccc1)C(C)C. The van der Waals surface area contributed by atoms with Crippen LogP contribution in [0.25, 0.3) is 0 Å². The van der Waals surface area contributed by atoms with Gasteiger partial charge in [-0.05, 0) is 31.7 Å². The van der Waals surface area contributed by atoms with E-state index in [4.69, 9.17) is 4.74 Å². The number of amides is 2. The van der Waals surface area contributed by atoms with Crippen LogP contribution in [0.3, 0.4) is 0 Å². The molecule has 0 spiro atoms. The van der Waals surface area contributed by atoms with Gasteiger partial charge in [0.1, 0.15) is 6.04 Å². The largest absolute Gasteiger partial charge is 0.447 e. The van der Waals surface area contributed by atoms with Crippen LogP contribution < -0.4 is 10.6 Å². The Kier molecular flexibility index (Phi) is 7.43. The zero-order valence-electron chi connectivity index (χ0n) is 13.8. The van der Waals surface area contributed by atoms with E-state index in [0.29, 0.717) is 6.54 Å². The van der Waals surface area contributed by atoms with Gasteiger partial charge in [-0.2, -0.15) is 0 Å². The Labute approximate surface area is 132 Å². The number of nitrogens with one attached hydrogen (secondary N) is 2. The van der Waals surface area contributed by atoms with Crippen LogP contribution in [0.1, 0.15) is 33.3 Å². The topological polar surface area (TPSA) is 67.4 Å². The first-order valence-electron chi connectivity index (χ1n) is 7.69. The second-order valence-corrected chi connectivity index (χ2v) is 5.85. The summed E-state index contributed by atoms with van der Waals surface area (Å²) in [5.41, 5.74) is 1.16. The quantitative estimate of drug-likeness (QED) is 0.813. The molecule has 1 aromatic rings. The molecule has 2 N–H and O–H groups in total. The van der Waals surface area contributed by atoms with Crippen molar-refractivity contribution in [2.45, 2.75) is 46.3 Å². The van der Waals surface area contributed by atoms with Crippen molar-refractivity contribution in [3.05, 3.63) is 35.9 Å². The third kappa shape index (κ3) is 6.61. The van der Waals surface area contributed by atoms with Crippen molar-refractivity contribution in [1.29, 1.82) is 0 Å². The van der Waals surface area contributed by atoms with Gasteiger partial charge in [0.05, 0.1) is 6.10 Å². The first-order valence-corrected chi connectivity index (χ1v) is 7.69. The average molecular weight is 306 g/mol. The van der Waals surface area contributed by atoms with Crippen molar-refractivity contribution >= 4 is 12.0 Å². The summed E-state index contributed by atoms with van der Waals surface area (Å²) in [6.45, 7) is 7.84. The number of hydrogen-bond donors (Lipinski definition) is 2. The fourth-order valence-electron chi connectivity index (χ4n) is 1.99. The maximum Gasteiger partial charge on any atom is 0.408 e. The Hall–Kier alpha value is -2.04. The van der Waals surface area contributed by atoms with Gasteiger partial charge in [0.25, 0.3) is 0 Å². The lowest BCUT2D eigenvalue weighted by molar-refractivity contribution is -0.124. The molecule has 0 aliphatic rings. The van der Waals surface area contributed by atoms with Crippen LogP contribution in [-0.4, -0.2) is 30.7 Å². The molecule has 0 radical (unpaired) electrons. The fourth-order valence-corrected chi connectivity index (χ4v) is 1.99. The predicted molar refractivity (Wildman–Crippen MR) is 86.5 cm³/mol. The van der Waals surface area contributed by atoms with Gasteiger partial charge in [0.15, 0.2) is 0 Å². The van der Waals surface area contributed by atoms with Crippen molar-refractivity contribution in [3.63, 3.8) is 0 Å². The number of carbonyl (C=O) groups excluding carboxylic acids is 2. The molecule has 0 saturated carbocycles. The van der Waals surface area contributed by atoms with Crippen LogP contribution in [0.4, 0.5) is 4.79 Å². The van der Waals surface area contributed by atoms with Crippen molar-refractivity contribution in [2.75, 3.05) is 6.54 Å². The van der Waals surface area contributed by atoms with E-state index >= 15 is 0 Å². The first-order chi connectivity index (χ1) is 10.4. The number of benzene rings is 1. The molecular formula is C17H26N2O3. The zero-order valence-corrected chi connectivity index (χ0v) is 13.8. The second kappa shape index (κ2) is 9.07. The van der Waals surface area contributed by atoms with E-state index in [2.05, 4.69) is 10.6 Å². The van der Waals surface area contributed by atoms with E-state index in [1.807, 2.05) is 44.2 Å². The number of hydrogen-bond acceptors (Lipinski definition) is 3. The van der Waals surface area contributed by atoms with E-state index < -0.39 is 12.1 Å². The highest BCUT2D eigenvalue weighted by Gasteiger charge is 2.24. The molecule has 122 valence electrons. The summed E-state index contributed by atoms with van der Waals surface area (Å²) in [4.78, 5) is 23.9. The van der Waals surface area contributed by atoms with Crippen LogP contribution in [0.5, 0.6) is 0 Å². The molecule has 22 heavy (non-hydrogen) atoms. The van der Waals surface area contributed by atoms with Gasteiger partial charge in [-0.1, -0.05) is 44.2 Å². The number of rotatable bonds is 7. The highest BCUT2D eigenvalue weighted by Crippen LogP contribution is 2.04. The Morgan fingerprint density at radius 1 is 1.09 bits per heavy atom. The fraction of sp³-hybridized carbons (Fsp3) is 0.529. The second-order valence-electron chi connectivity index (χ2n) is 5.85. The summed E-state index contributed by atoms with van der Waals surface area (Å²) in [6, 6.07) is 9.34. The van der Waals surface area contributed by atoms with Crippen LogP contribution >= 0.6 is 0 Å². The van der Waals surface area contributed by atoms with E-state index in [9.17, 15) is 9.59 Å². The molecule has 1 rings (SSSR count). The number of alkyl carbamates (subject to hydrolysis) is 1. The van der Waals surface area contributed by atoms with E-state index in [1.54, 1.807) is 13.8 Å². The van der Waals surface area contributed by atoms with Gasteiger partial charge in [-0.25, -0.2) is 4.79 Å². The standard InChI is InChI=1S/C17H26N2O3/c1-12(2)15(19-17(21)22-13(3)4)16(20)18-11-10-14-8-6-5-7-9-14/h5-9,12-13,15H,10-11H2,1-4H3,(H,18,20)(H,19,21)/t15-/m0/s1. The third-order valence-electron chi connectivity index (χ3n) is 3.12. The molecule has 5 heteroatoms. The first kappa shape index (κ1) is 18.0. The average Bonchev–Trinajstić information content (AvgIpc) is 2.44. The Morgan fingerprint density at radius 2 is 1.73 bits per heavy atom. The summed E-state index contributed by atoms with van der Waals surface area (Å²) in [6.07, 6.45) is -0.0192. The maximum atomic E-state index is 12.2. The van der Waals surface area contributed by atoms with E-state index in [0.717, 1.165) is 12.0 Å². The van der Waals surface area contributed by atoms with Gasteiger partial charge >= 0.3 is 6.09 Å². The van der Waals surface area contributed by atoms with Crippen molar-refractivity contribution < 1.29 is 14.3 Å². The summed E-state index contributed by atoms with van der Waals surface area (Å²) >= 11 is 0. The molecule has 1 aromatic carbocycles. The summed E-state index contributed by atoms with van der Waals surface area (Å²) in [7, 11) is 0. The molecule has 0 aliphatic carbocycles. The highest BCUT2D eigenvalue weighted by molar-refractivity contribution is 5.85. The molecule has 0 bridgehead atoms. The minimum Gasteiger partial charge on any atom is -0.447 e. The molecular weight excluding hydrogens is 280 g/mol. The maximum absolute atomic E-state index is 12.2. The van der Waals surface area contributed by atoms with E-state index in [1.165, 1.54) is 0 Å². The summed E-state index contributed by atoms with van der Waals surface area (Å²) in [5.74, 6) is -0.205. The number of ether oxygens (including phenoxy) is 1. The van der Waals surface area contributed by atoms with Crippen LogP contribution in [0.2, 0.25) is 0 Å². The van der Waals surface area contributed by atoms with Crippen molar-refractivity contribution in [2.24, 2.45) is 5.92 Å². The van der Waals surface area contributed by atoms with Crippen molar-refractivity contribution in [1.82, 2.24) is 10.6 Å². The van der Waals surface area contributed by atoms with Gasteiger partial charge in [0.2, 0.25) is 5.91 Å². The Bertz CT molecular complexity index is 472.